The lowest BCUT2D eigenvalue weighted by atomic mass is 9.81. The third kappa shape index (κ3) is 3.42. The van der Waals surface area contributed by atoms with Crippen LogP contribution in [0.15, 0.2) is 24.3 Å². The quantitative estimate of drug-likeness (QED) is 0.708. The predicted octanol–water partition coefficient (Wildman–Crippen LogP) is -0.589. The van der Waals surface area contributed by atoms with Gasteiger partial charge < -0.3 is 9.80 Å². The van der Waals surface area contributed by atoms with E-state index in [0.29, 0.717) is 6.67 Å². The van der Waals surface area contributed by atoms with Crippen LogP contribution in [0.5, 0.6) is 0 Å². The van der Waals surface area contributed by atoms with E-state index < -0.39 is 0 Å². The van der Waals surface area contributed by atoms with E-state index in [0.717, 1.165) is 58.4 Å². The van der Waals surface area contributed by atoms with Crippen molar-refractivity contribution in [2.45, 2.75) is 39.2 Å². The Bertz CT molecular complexity index is 658. The zero-order valence-corrected chi connectivity index (χ0v) is 15.8. The third-order valence-electron chi connectivity index (χ3n) is 6.68. The van der Waals surface area contributed by atoms with Crippen LogP contribution in [0.3, 0.4) is 0 Å². The number of likely N-dealkylation sites (tertiary alicyclic amines) is 1. The van der Waals surface area contributed by atoms with Crippen LogP contribution in [0.1, 0.15) is 36.8 Å². The van der Waals surface area contributed by atoms with Gasteiger partial charge in [0.1, 0.15) is 32.7 Å². The molecule has 0 spiro atoms. The summed E-state index contributed by atoms with van der Waals surface area (Å²) in [5.41, 5.74) is 2.80. The SMILES string of the molecule is Cc1ccccc1C[NH+]1CC[NH+](CN2C(=O)[C@H]3CCCC[C@H]3C2=O)CC1. The van der Waals surface area contributed by atoms with Gasteiger partial charge in [0.25, 0.3) is 0 Å². The molecule has 1 aromatic rings. The van der Waals surface area contributed by atoms with E-state index in [2.05, 4.69) is 31.2 Å². The lowest BCUT2D eigenvalue weighted by Crippen LogP contribution is -3.28. The Balaban J connectivity index is 1.31. The second-order valence-electron chi connectivity index (χ2n) is 8.36. The molecule has 3 fully saturated rings. The number of hydrogen-bond acceptors (Lipinski definition) is 2. The maximum atomic E-state index is 12.7. The molecule has 0 aromatic heterocycles. The Labute approximate surface area is 155 Å². The molecule has 5 heteroatoms. The number of amides is 2. The van der Waals surface area contributed by atoms with Crippen molar-refractivity contribution in [3.05, 3.63) is 35.4 Å². The van der Waals surface area contributed by atoms with Gasteiger partial charge in [-0.3, -0.25) is 9.59 Å². The summed E-state index contributed by atoms with van der Waals surface area (Å²) in [6, 6.07) is 8.62. The van der Waals surface area contributed by atoms with E-state index in [-0.39, 0.29) is 23.7 Å². The number of nitrogens with zero attached hydrogens (tertiary/aromatic N) is 1. The van der Waals surface area contributed by atoms with E-state index in [1.165, 1.54) is 16.0 Å². The first-order chi connectivity index (χ1) is 12.6. The van der Waals surface area contributed by atoms with Crippen molar-refractivity contribution in [3.8, 4) is 0 Å². The number of quaternary nitrogens is 2. The Morgan fingerprint density at radius 1 is 0.923 bits per heavy atom. The van der Waals surface area contributed by atoms with Gasteiger partial charge in [-0.15, -0.1) is 0 Å². The van der Waals surface area contributed by atoms with Crippen molar-refractivity contribution in [3.63, 3.8) is 0 Å². The highest BCUT2D eigenvalue weighted by Crippen LogP contribution is 2.37. The molecule has 2 saturated heterocycles. The van der Waals surface area contributed by atoms with Crippen LogP contribution in [0, 0.1) is 18.8 Å². The average Bonchev–Trinajstić information content (AvgIpc) is 2.90. The maximum Gasteiger partial charge on any atom is 0.237 e. The van der Waals surface area contributed by atoms with E-state index in [1.54, 1.807) is 9.80 Å². The Morgan fingerprint density at radius 3 is 2.12 bits per heavy atom. The predicted molar refractivity (Wildman–Crippen MR) is 98.4 cm³/mol. The molecule has 2 amide bonds. The van der Waals surface area contributed by atoms with Crippen molar-refractivity contribution in [1.29, 1.82) is 0 Å². The molecule has 2 N–H and O–H groups in total. The second-order valence-corrected chi connectivity index (χ2v) is 8.36. The Morgan fingerprint density at radius 2 is 1.50 bits per heavy atom. The molecule has 3 aliphatic rings. The number of fused-ring (bicyclic) bond motifs is 1. The van der Waals surface area contributed by atoms with E-state index in [4.69, 9.17) is 0 Å². The number of carbonyl (C=O) groups excluding carboxylic acids is 2. The standard InChI is InChI=1S/C21H29N3O2/c1-16-6-2-3-7-17(16)14-22-10-12-23(13-11-22)15-24-20(25)18-8-4-5-9-19(18)21(24)26/h2-3,6-7,18-19H,4-5,8-15H2,1H3/p+2/t18-,19+. The summed E-state index contributed by atoms with van der Waals surface area (Å²) in [5.74, 6) is 0.205. The van der Waals surface area contributed by atoms with Gasteiger partial charge in [0.05, 0.1) is 11.8 Å². The first kappa shape index (κ1) is 17.7. The molecular weight excluding hydrogens is 326 g/mol. The Hall–Kier alpha value is -1.72. The second kappa shape index (κ2) is 7.49. The van der Waals surface area contributed by atoms with Crippen molar-refractivity contribution in [1.82, 2.24) is 4.90 Å². The highest BCUT2D eigenvalue weighted by molar-refractivity contribution is 6.05. The van der Waals surface area contributed by atoms with Crippen LogP contribution in [0.2, 0.25) is 0 Å². The van der Waals surface area contributed by atoms with Crippen molar-refractivity contribution >= 4 is 11.8 Å². The zero-order chi connectivity index (χ0) is 18.1. The van der Waals surface area contributed by atoms with Gasteiger partial charge in [-0.2, -0.15) is 0 Å². The van der Waals surface area contributed by atoms with Crippen LogP contribution >= 0.6 is 0 Å². The van der Waals surface area contributed by atoms with Crippen LogP contribution in [0.4, 0.5) is 0 Å². The van der Waals surface area contributed by atoms with Gasteiger partial charge in [0.2, 0.25) is 11.8 Å². The summed E-state index contributed by atoms with van der Waals surface area (Å²) < 4.78 is 0. The first-order valence-electron chi connectivity index (χ1n) is 10.2. The van der Waals surface area contributed by atoms with Crippen molar-refractivity contribution in [2.24, 2.45) is 11.8 Å². The summed E-state index contributed by atoms with van der Waals surface area (Å²) in [7, 11) is 0. The number of piperazine rings is 1. The van der Waals surface area contributed by atoms with Gasteiger partial charge in [0, 0.05) is 5.56 Å². The molecule has 26 heavy (non-hydrogen) atoms. The first-order valence-corrected chi connectivity index (χ1v) is 10.2. The smallest absolute Gasteiger partial charge is 0.237 e. The van der Waals surface area contributed by atoms with Crippen molar-refractivity contribution in [2.75, 3.05) is 32.8 Å². The molecule has 0 bridgehead atoms. The van der Waals surface area contributed by atoms with Gasteiger partial charge >= 0.3 is 0 Å². The summed E-state index contributed by atoms with van der Waals surface area (Å²) in [6.45, 7) is 8.12. The molecule has 4 rings (SSSR count). The van der Waals surface area contributed by atoms with E-state index >= 15 is 0 Å². The molecule has 2 heterocycles. The minimum Gasteiger partial charge on any atom is -0.322 e. The zero-order valence-electron chi connectivity index (χ0n) is 15.8. The van der Waals surface area contributed by atoms with Gasteiger partial charge in [-0.25, -0.2) is 4.90 Å². The fourth-order valence-electron chi connectivity index (χ4n) is 4.98. The van der Waals surface area contributed by atoms with Gasteiger partial charge in [-0.1, -0.05) is 37.1 Å². The number of imide groups is 1. The topological polar surface area (TPSA) is 46.3 Å². The average molecular weight is 357 g/mol. The number of aryl methyl sites for hydroxylation is 1. The minimum atomic E-state index is -0.0105. The normalized spacial score (nSPS) is 32.0. The molecule has 1 saturated carbocycles. The van der Waals surface area contributed by atoms with Gasteiger partial charge in [0.15, 0.2) is 6.67 Å². The summed E-state index contributed by atoms with van der Waals surface area (Å²) in [4.78, 5) is 29.9. The third-order valence-corrected chi connectivity index (χ3v) is 6.68. The van der Waals surface area contributed by atoms with Crippen LogP contribution in [0.25, 0.3) is 0 Å². The minimum absolute atomic E-state index is 0.0105. The molecule has 0 unspecified atom stereocenters. The summed E-state index contributed by atoms with van der Waals surface area (Å²) >= 11 is 0. The lowest BCUT2D eigenvalue weighted by molar-refractivity contribution is -1.02. The fraction of sp³-hybridized carbons (Fsp3) is 0.619. The highest BCUT2D eigenvalue weighted by Gasteiger charge is 2.49. The molecular formula is C21H31N3O2+2. The molecule has 2 aliphatic heterocycles. The molecule has 1 aliphatic carbocycles. The molecule has 140 valence electrons. The molecule has 1 aromatic carbocycles. The summed E-state index contributed by atoms with van der Waals surface area (Å²) in [6.07, 6.45) is 4.02. The number of carbonyl (C=O) groups is 2. The number of hydrogen-bond donors (Lipinski definition) is 2. The lowest BCUT2D eigenvalue weighted by Gasteiger charge is -2.31. The van der Waals surface area contributed by atoms with Crippen LogP contribution in [-0.4, -0.2) is 49.6 Å². The van der Waals surface area contributed by atoms with E-state index in [9.17, 15) is 9.59 Å². The van der Waals surface area contributed by atoms with E-state index in [1.807, 2.05) is 0 Å². The highest BCUT2D eigenvalue weighted by atomic mass is 16.2. The molecule has 5 nitrogen and oxygen atoms in total. The fourth-order valence-corrected chi connectivity index (χ4v) is 4.98. The molecule has 2 atom stereocenters. The Kier molecular flexibility index (Phi) is 5.09. The molecule has 0 radical (unpaired) electrons. The number of rotatable bonds is 4. The number of nitrogens with one attached hydrogen (secondary N) is 2. The maximum absolute atomic E-state index is 12.7. The van der Waals surface area contributed by atoms with Crippen LogP contribution in [-0.2, 0) is 16.1 Å². The van der Waals surface area contributed by atoms with Crippen molar-refractivity contribution < 1.29 is 19.4 Å². The summed E-state index contributed by atoms with van der Waals surface area (Å²) in [5, 5.41) is 0. The number of benzene rings is 1. The largest absolute Gasteiger partial charge is 0.322 e. The van der Waals surface area contributed by atoms with Gasteiger partial charge in [-0.05, 0) is 25.3 Å². The van der Waals surface area contributed by atoms with Crippen LogP contribution < -0.4 is 9.80 Å². The monoisotopic (exact) mass is 357 g/mol.